The quantitative estimate of drug-likeness (QED) is 0.755. The molecule has 0 spiro atoms. The number of hydrogen-bond acceptors (Lipinski definition) is 1. The van der Waals surface area contributed by atoms with Crippen LogP contribution >= 0.6 is 0 Å². The highest BCUT2D eigenvalue weighted by Gasteiger charge is 2.31. The predicted molar refractivity (Wildman–Crippen MR) is 53.8 cm³/mol. The third kappa shape index (κ3) is 2.21. The van der Waals surface area contributed by atoms with Crippen LogP contribution in [0, 0.1) is 11.6 Å². The molecule has 2 rings (SSSR count). The molecule has 88 valence electrons. The lowest BCUT2D eigenvalue weighted by Crippen LogP contribution is -2.15. The summed E-state index contributed by atoms with van der Waals surface area (Å²) in [6.45, 7) is 1.87. The minimum Gasteiger partial charge on any atom is -0.372 e. The van der Waals surface area contributed by atoms with E-state index in [9.17, 15) is 13.2 Å². The molecule has 16 heavy (non-hydrogen) atoms. The monoisotopic (exact) mass is 230 g/mol. The van der Waals surface area contributed by atoms with Gasteiger partial charge in [-0.05, 0) is 37.5 Å². The van der Waals surface area contributed by atoms with Crippen molar-refractivity contribution in [3.63, 3.8) is 0 Å². The molecule has 0 aliphatic carbocycles. The normalized spacial score (nSPS) is 27.0. The molecule has 1 saturated heterocycles. The van der Waals surface area contributed by atoms with E-state index in [0.29, 0.717) is 6.42 Å². The first kappa shape index (κ1) is 11.5. The van der Waals surface area contributed by atoms with Crippen LogP contribution in [0.5, 0.6) is 0 Å². The molecular weight excluding hydrogens is 217 g/mol. The lowest BCUT2D eigenvalue weighted by Gasteiger charge is -2.16. The number of halogens is 3. The van der Waals surface area contributed by atoms with Crippen molar-refractivity contribution >= 4 is 0 Å². The van der Waals surface area contributed by atoms with E-state index in [4.69, 9.17) is 4.74 Å². The molecule has 0 bridgehead atoms. The predicted octanol–water partition coefficient (Wildman–Crippen LogP) is 3.54. The minimum atomic E-state index is -1.39. The molecule has 0 aromatic heterocycles. The molecule has 0 amide bonds. The average Bonchev–Trinajstić information content (AvgIpc) is 2.68. The van der Waals surface area contributed by atoms with Crippen LogP contribution < -0.4 is 0 Å². The van der Waals surface area contributed by atoms with Gasteiger partial charge < -0.3 is 4.74 Å². The Morgan fingerprint density at radius 2 is 2.00 bits per heavy atom. The zero-order chi connectivity index (χ0) is 11.7. The second kappa shape index (κ2) is 4.45. The summed E-state index contributed by atoms with van der Waals surface area (Å²) in [6.07, 6.45) is -0.482. The van der Waals surface area contributed by atoms with Crippen LogP contribution in [0.4, 0.5) is 13.2 Å². The van der Waals surface area contributed by atoms with Gasteiger partial charge in [0.2, 0.25) is 0 Å². The zero-order valence-electron chi connectivity index (χ0n) is 8.92. The lowest BCUT2D eigenvalue weighted by atomic mass is 10.0. The van der Waals surface area contributed by atoms with Crippen LogP contribution in [-0.4, -0.2) is 12.2 Å². The van der Waals surface area contributed by atoms with E-state index in [2.05, 4.69) is 0 Å². The molecule has 4 heteroatoms. The van der Waals surface area contributed by atoms with Gasteiger partial charge in [-0.3, -0.25) is 0 Å². The SMILES string of the molecule is C[C@H]1CC[C@@H]([C@@H](F)c2ccc(F)c(F)c2)O1. The van der Waals surface area contributed by atoms with E-state index < -0.39 is 23.9 Å². The molecular formula is C12H13F3O. The Kier molecular flexibility index (Phi) is 3.19. The van der Waals surface area contributed by atoms with Gasteiger partial charge in [-0.2, -0.15) is 0 Å². The summed E-state index contributed by atoms with van der Waals surface area (Å²) in [7, 11) is 0. The summed E-state index contributed by atoms with van der Waals surface area (Å²) >= 11 is 0. The molecule has 1 nitrogen and oxygen atoms in total. The summed E-state index contributed by atoms with van der Waals surface area (Å²) in [6, 6.07) is 3.09. The van der Waals surface area contributed by atoms with Gasteiger partial charge in [0.25, 0.3) is 0 Å². The Bertz CT molecular complexity index is 381. The number of benzene rings is 1. The first-order valence-corrected chi connectivity index (χ1v) is 5.32. The maximum absolute atomic E-state index is 13.9. The second-order valence-corrected chi connectivity index (χ2v) is 4.14. The number of alkyl halides is 1. The van der Waals surface area contributed by atoms with E-state index in [1.54, 1.807) is 0 Å². The third-order valence-electron chi connectivity index (χ3n) is 2.85. The Hall–Kier alpha value is -1.03. The highest BCUT2D eigenvalue weighted by Crippen LogP contribution is 2.33. The number of ether oxygens (including phenoxy) is 1. The molecule has 0 saturated carbocycles. The molecule has 1 fully saturated rings. The zero-order valence-corrected chi connectivity index (χ0v) is 8.92. The highest BCUT2D eigenvalue weighted by molar-refractivity contribution is 5.21. The van der Waals surface area contributed by atoms with Gasteiger partial charge in [0.15, 0.2) is 17.8 Å². The third-order valence-corrected chi connectivity index (χ3v) is 2.85. The molecule has 3 atom stereocenters. The van der Waals surface area contributed by atoms with Crippen LogP contribution in [0.25, 0.3) is 0 Å². The van der Waals surface area contributed by atoms with Crippen LogP contribution in [-0.2, 0) is 4.74 Å². The molecule has 1 heterocycles. The summed E-state index contributed by atoms with van der Waals surface area (Å²) in [5.41, 5.74) is 0.137. The van der Waals surface area contributed by atoms with Crippen LogP contribution in [0.3, 0.4) is 0 Å². The van der Waals surface area contributed by atoms with Gasteiger partial charge in [0.1, 0.15) is 0 Å². The van der Waals surface area contributed by atoms with Gasteiger partial charge in [-0.1, -0.05) is 6.07 Å². The smallest absolute Gasteiger partial charge is 0.159 e. The molecule has 0 unspecified atom stereocenters. The van der Waals surface area contributed by atoms with E-state index in [-0.39, 0.29) is 11.7 Å². The average molecular weight is 230 g/mol. The van der Waals surface area contributed by atoms with E-state index >= 15 is 0 Å². The van der Waals surface area contributed by atoms with E-state index in [1.165, 1.54) is 6.07 Å². The van der Waals surface area contributed by atoms with Gasteiger partial charge in [-0.15, -0.1) is 0 Å². The maximum Gasteiger partial charge on any atom is 0.159 e. The van der Waals surface area contributed by atoms with E-state index in [0.717, 1.165) is 18.6 Å². The standard InChI is InChI=1S/C12H13F3O/c1-7-2-5-11(16-7)12(15)8-3-4-9(13)10(14)6-8/h3-4,6-7,11-12H,2,5H2,1H3/t7-,11-,12-/m0/s1. The van der Waals surface area contributed by atoms with Gasteiger partial charge in [0.05, 0.1) is 12.2 Å². The lowest BCUT2D eigenvalue weighted by molar-refractivity contribution is 0.00481. The van der Waals surface area contributed by atoms with Crippen molar-refractivity contribution in [2.75, 3.05) is 0 Å². The largest absolute Gasteiger partial charge is 0.372 e. The van der Waals surface area contributed by atoms with Crippen molar-refractivity contribution in [2.24, 2.45) is 0 Å². The fraction of sp³-hybridized carbons (Fsp3) is 0.500. The first-order valence-electron chi connectivity index (χ1n) is 5.32. The van der Waals surface area contributed by atoms with Gasteiger partial charge in [0, 0.05) is 0 Å². The van der Waals surface area contributed by atoms with Crippen LogP contribution in [0.2, 0.25) is 0 Å². The second-order valence-electron chi connectivity index (χ2n) is 4.14. The van der Waals surface area contributed by atoms with Crippen molar-refractivity contribution in [3.8, 4) is 0 Å². The van der Waals surface area contributed by atoms with Gasteiger partial charge >= 0.3 is 0 Å². The molecule has 1 aliphatic rings. The van der Waals surface area contributed by atoms with E-state index in [1.807, 2.05) is 6.92 Å². The Morgan fingerprint density at radius 3 is 2.56 bits per heavy atom. The Balaban J connectivity index is 2.14. The summed E-state index contributed by atoms with van der Waals surface area (Å²) in [5.74, 6) is -1.98. The summed E-state index contributed by atoms with van der Waals surface area (Å²) in [5, 5.41) is 0. The Morgan fingerprint density at radius 1 is 1.25 bits per heavy atom. The molecule has 1 aromatic rings. The molecule has 1 aliphatic heterocycles. The van der Waals surface area contributed by atoms with Crippen molar-refractivity contribution in [1.82, 2.24) is 0 Å². The van der Waals surface area contributed by atoms with Crippen molar-refractivity contribution in [3.05, 3.63) is 35.4 Å². The fourth-order valence-electron chi connectivity index (χ4n) is 1.95. The van der Waals surface area contributed by atoms with Crippen molar-refractivity contribution in [2.45, 2.75) is 38.1 Å². The van der Waals surface area contributed by atoms with Crippen LogP contribution in [0.1, 0.15) is 31.5 Å². The fourth-order valence-corrected chi connectivity index (χ4v) is 1.95. The van der Waals surface area contributed by atoms with Gasteiger partial charge in [-0.25, -0.2) is 13.2 Å². The topological polar surface area (TPSA) is 9.23 Å². The summed E-state index contributed by atoms with van der Waals surface area (Å²) in [4.78, 5) is 0. The number of hydrogen-bond donors (Lipinski definition) is 0. The summed E-state index contributed by atoms with van der Waals surface area (Å²) < 4.78 is 44.9. The highest BCUT2D eigenvalue weighted by atomic mass is 19.2. The van der Waals surface area contributed by atoms with Crippen molar-refractivity contribution in [1.29, 1.82) is 0 Å². The molecule has 1 aromatic carbocycles. The molecule has 0 radical (unpaired) electrons. The molecule has 0 N–H and O–H groups in total. The van der Waals surface area contributed by atoms with Crippen LogP contribution in [0.15, 0.2) is 18.2 Å². The maximum atomic E-state index is 13.9. The number of rotatable bonds is 2. The minimum absolute atomic E-state index is 0.0357. The van der Waals surface area contributed by atoms with Crippen molar-refractivity contribution < 1.29 is 17.9 Å². The first-order chi connectivity index (χ1) is 7.58. The Labute approximate surface area is 92.2 Å².